The third-order valence-corrected chi connectivity index (χ3v) is 3.70. The summed E-state index contributed by atoms with van der Waals surface area (Å²) in [6.45, 7) is 14.6. The first-order valence-electron chi connectivity index (χ1n) is 7.65. The molecule has 1 atom stereocenters. The molecule has 0 bridgehead atoms. The fraction of sp³-hybridized carbons (Fsp3) is 0.667. The van der Waals surface area contributed by atoms with Crippen LogP contribution >= 0.6 is 0 Å². The zero-order chi connectivity index (χ0) is 14.5. The van der Waals surface area contributed by atoms with Gasteiger partial charge in [-0.1, -0.05) is 63.4 Å². The average Bonchev–Trinajstić information content (AvgIpc) is 2.25. The zero-order valence-corrected chi connectivity index (χ0v) is 13.6. The molecule has 0 amide bonds. The zero-order valence-electron chi connectivity index (χ0n) is 13.6. The third kappa shape index (κ3) is 5.78. The van der Waals surface area contributed by atoms with E-state index in [0.717, 1.165) is 6.54 Å². The molecule has 0 aliphatic rings. The minimum atomic E-state index is 0.360. The Morgan fingerprint density at radius 1 is 1.11 bits per heavy atom. The van der Waals surface area contributed by atoms with Gasteiger partial charge in [0.25, 0.3) is 0 Å². The van der Waals surface area contributed by atoms with Gasteiger partial charge in [0.15, 0.2) is 0 Å². The molecule has 0 aliphatic heterocycles. The summed E-state index contributed by atoms with van der Waals surface area (Å²) >= 11 is 0. The summed E-state index contributed by atoms with van der Waals surface area (Å²) in [7, 11) is 0. The van der Waals surface area contributed by atoms with E-state index in [1.807, 2.05) is 0 Å². The van der Waals surface area contributed by atoms with Crippen molar-refractivity contribution >= 4 is 0 Å². The van der Waals surface area contributed by atoms with E-state index in [4.69, 9.17) is 0 Å². The Bertz CT molecular complexity index is 374. The lowest BCUT2D eigenvalue weighted by Gasteiger charge is -2.31. The highest BCUT2D eigenvalue weighted by atomic mass is 14.9. The van der Waals surface area contributed by atoms with Gasteiger partial charge in [-0.3, -0.25) is 0 Å². The molecule has 0 heterocycles. The molecule has 0 spiro atoms. The van der Waals surface area contributed by atoms with Crippen LogP contribution < -0.4 is 5.32 Å². The second-order valence-electron chi connectivity index (χ2n) is 6.77. The van der Waals surface area contributed by atoms with Gasteiger partial charge < -0.3 is 5.32 Å². The molecule has 1 N–H and O–H groups in total. The van der Waals surface area contributed by atoms with Gasteiger partial charge in [0.1, 0.15) is 0 Å². The van der Waals surface area contributed by atoms with Crippen molar-refractivity contribution in [2.75, 3.05) is 6.54 Å². The van der Waals surface area contributed by atoms with Crippen LogP contribution in [0.2, 0.25) is 0 Å². The van der Waals surface area contributed by atoms with Gasteiger partial charge in [0.05, 0.1) is 0 Å². The van der Waals surface area contributed by atoms with Gasteiger partial charge in [-0.25, -0.2) is 0 Å². The number of hydrogen-bond acceptors (Lipinski definition) is 1. The lowest BCUT2D eigenvalue weighted by molar-refractivity contribution is 0.267. The number of aryl methyl sites for hydroxylation is 2. The van der Waals surface area contributed by atoms with Crippen molar-refractivity contribution in [3.8, 4) is 0 Å². The summed E-state index contributed by atoms with van der Waals surface area (Å²) < 4.78 is 0. The van der Waals surface area contributed by atoms with E-state index in [0.29, 0.717) is 11.5 Å². The quantitative estimate of drug-likeness (QED) is 0.753. The summed E-state index contributed by atoms with van der Waals surface area (Å²) in [6, 6.07) is 7.51. The Morgan fingerprint density at radius 3 is 2.16 bits per heavy atom. The van der Waals surface area contributed by atoms with E-state index in [9.17, 15) is 0 Å². The molecule has 0 saturated carbocycles. The molecule has 19 heavy (non-hydrogen) atoms. The topological polar surface area (TPSA) is 12.0 Å². The van der Waals surface area contributed by atoms with E-state index in [1.165, 1.54) is 36.0 Å². The van der Waals surface area contributed by atoms with Crippen LogP contribution in [0.4, 0.5) is 0 Å². The second-order valence-corrected chi connectivity index (χ2v) is 6.77. The van der Waals surface area contributed by atoms with Crippen molar-refractivity contribution < 1.29 is 0 Å². The van der Waals surface area contributed by atoms with Crippen LogP contribution in [0.5, 0.6) is 0 Å². The number of benzene rings is 1. The molecular weight excluding hydrogens is 230 g/mol. The number of hydrogen-bond donors (Lipinski definition) is 1. The molecule has 1 rings (SSSR count). The molecular formula is C18H31N. The van der Waals surface area contributed by atoms with Gasteiger partial charge in [0.2, 0.25) is 0 Å². The largest absolute Gasteiger partial charge is 0.314 e. The van der Waals surface area contributed by atoms with Gasteiger partial charge in [-0.15, -0.1) is 0 Å². The Labute approximate surface area is 119 Å². The Morgan fingerprint density at radius 2 is 1.68 bits per heavy atom. The first-order chi connectivity index (χ1) is 8.84. The predicted molar refractivity (Wildman–Crippen MR) is 85.8 cm³/mol. The highest BCUT2D eigenvalue weighted by molar-refractivity contribution is 5.29. The summed E-state index contributed by atoms with van der Waals surface area (Å²) in [4.78, 5) is 0. The Kier molecular flexibility index (Phi) is 6.06. The van der Waals surface area contributed by atoms with E-state index >= 15 is 0 Å². The van der Waals surface area contributed by atoms with Crippen molar-refractivity contribution in [1.82, 2.24) is 5.32 Å². The number of rotatable bonds is 7. The lowest BCUT2D eigenvalue weighted by atomic mass is 9.79. The minimum absolute atomic E-state index is 0.360. The van der Waals surface area contributed by atoms with Gasteiger partial charge in [0, 0.05) is 12.6 Å². The molecule has 0 aromatic heterocycles. The molecule has 0 saturated heterocycles. The molecule has 1 aromatic rings. The summed E-state index contributed by atoms with van der Waals surface area (Å²) in [6.07, 6.45) is 3.70. The maximum absolute atomic E-state index is 3.62. The van der Waals surface area contributed by atoms with Crippen LogP contribution in [0.1, 0.15) is 57.2 Å². The van der Waals surface area contributed by atoms with Crippen molar-refractivity contribution in [2.24, 2.45) is 5.41 Å². The Hall–Kier alpha value is -0.820. The number of nitrogens with one attached hydrogen (secondary N) is 1. The lowest BCUT2D eigenvalue weighted by Crippen LogP contribution is -2.37. The van der Waals surface area contributed by atoms with Crippen LogP contribution in [0, 0.1) is 19.3 Å². The van der Waals surface area contributed by atoms with Gasteiger partial charge >= 0.3 is 0 Å². The molecule has 0 fully saturated rings. The molecule has 1 heteroatoms. The van der Waals surface area contributed by atoms with Gasteiger partial charge in [-0.2, -0.15) is 0 Å². The monoisotopic (exact) mass is 261 g/mol. The van der Waals surface area contributed by atoms with Crippen molar-refractivity contribution in [1.29, 1.82) is 0 Å². The first-order valence-corrected chi connectivity index (χ1v) is 7.65. The standard InChI is InChI=1S/C18H31N/c1-7-8-18(6,13-19-14(2)3)12-17-10-15(4)9-16(5)11-17/h9-11,14,19H,7-8,12-13H2,1-6H3. The molecule has 0 aliphatic carbocycles. The van der Waals surface area contributed by atoms with Crippen LogP contribution in [0.25, 0.3) is 0 Å². The van der Waals surface area contributed by atoms with E-state index in [-0.39, 0.29) is 0 Å². The van der Waals surface area contributed by atoms with Gasteiger partial charge in [-0.05, 0) is 37.7 Å². The Balaban J connectivity index is 2.81. The molecule has 0 radical (unpaired) electrons. The van der Waals surface area contributed by atoms with Crippen molar-refractivity contribution in [3.63, 3.8) is 0 Å². The van der Waals surface area contributed by atoms with Crippen LogP contribution in [0.15, 0.2) is 18.2 Å². The van der Waals surface area contributed by atoms with E-state index in [2.05, 4.69) is 65.1 Å². The van der Waals surface area contributed by atoms with Crippen molar-refractivity contribution in [3.05, 3.63) is 34.9 Å². The highest BCUT2D eigenvalue weighted by Gasteiger charge is 2.24. The van der Waals surface area contributed by atoms with Crippen LogP contribution in [-0.2, 0) is 6.42 Å². The molecule has 1 aromatic carbocycles. The van der Waals surface area contributed by atoms with E-state index in [1.54, 1.807) is 0 Å². The third-order valence-electron chi connectivity index (χ3n) is 3.70. The fourth-order valence-electron chi connectivity index (χ4n) is 2.96. The maximum atomic E-state index is 3.62. The summed E-state index contributed by atoms with van der Waals surface area (Å²) in [5.74, 6) is 0. The minimum Gasteiger partial charge on any atom is -0.314 e. The smallest absolute Gasteiger partial charge is 0.00107 e. The predicted octanol–water partition coefficient (Wildman–Crippen LogP) is 4.65. The summed E-state index contributed by atoms with van der Waals surface area (Å²) in [5, 5.41) is 3.62. The van der Waals surface area contributed by atoms with Crippen molar-refractivity contribution in [2.45, 2.75) is 66.8 Å². The van der Waals surface area contributed by atoms with Crippen LogP contribution in [-0.4, -0.2) is 12.6 Å². The average molecular weight is 261 g/mol. The summed E-state index contributed by atoms with van der Waals surface area (Å²) in [5.41, 5.74) is 4.61. The SMILES string of the molecule is CCCC(C)(CNC(C)C)Cc1cc(C)cc(C)c1. The second kappa shape index (κ2) is 7.09. The van der Waals surface area contributed by atoms with E-state index < -0.39 is 0 Å². The molecule has 1 unspecified atom stereocenters. The fourth-order valence-corrected chi connectivity index (χ4v) is 2.96. The van der Waals surface area contributed by atoms with Crippen LogP contribution in [0.3, 0.4) is 0 Å². The maximum Gasteiger partial charge on any atom is 0.00107 e. The highest BCUT2D eigenvalue weighted by Crippen LogP contribution is 2.28. The normalized spacial score (nSPS) is 14.7. The molecule has 1 nitrogen and oxygen atoms in total. The molecule has 108 valence electrons. The first kappa shape index (κ1) is 16.2.